The number of carbonyl (C=O) groups is 1. The first-order chi connectivity index (χ1) is 7.78. The van der Waals surface area contributed by atoms with Gasteiger partial charge in [-0.2, -0.15) is 0 Å². The molecule has 0 aromatic heterocycles. The molecule has 5 heteroatoms. The second kappa shape index (κ2) is 3.87. The number of rotatable bonds is 2. The summed E-state index contributed by atoms with van der Waals surface area (Å²) in [6.07, 6.45) is 6.33. The first kappa shape index (κ1) is 10.3. The second-order valence-electron chi connectivity index (χ2n) is 4.67. The van der Waals surface area contributed by atoms with Crippen LogP contribution in [0.5, 0.6) is 0 Å². The Morgan fingerprint density at radius 3 is 3.06 bits per heavy atom. The summed E-state index contributed by atoms with van der Waals surface area (Å²) in [4.78, 5) is 22.8. The van der Waals surface area contributed by atoms with Gasteiger partial charge in [0.25, 0.3) is 0 Å². The third-order valence-corrected chi connectivity index (χ3v) is 3.97. The fourth-order valence-electron chi connectivity index (χ4n) is 2.29. The molecule has 0 radical (unpaired) electrons. The molecule has 3 aliphatic rings. The fraction of sp³-hybridized carbons (Fsp3) is 0.727. The van der Waals surface area contributed by atoms with Gasteiger partial charge in [0, 0.05) is 19.3 Å². The van der Waals surface area contributed by atoms with Gasteiger partial charge in [0.1, 0.15) is 0 Å². The van der Waals surface area contributed by atoms with Crippen molar-refractivity contribution in [2.24, 2.45) is 21.8 Å². The van der Waals surface area contributed by atoms with E-state index in [9.17, 15) is 4.79 Å². The average Bonchev–Trinajstić information content (AvgIpc) is 3.05. The van der Waals surface area contributed by atoms with Crippen molar-refractivity contribution in [1.82, 2.24) is 4.90 Å². The Morgan fingerprint density at radius 1 is 1.56 bits per heavy atom. The smallest absolute Gasteiger partial charge is 0.233 e. The van der Waals surface area contributed by atoms with E-state index in [4.69, 9.17) is 0 Å². The van der Waals surface area contributed by atoms with E-state index in [0.29, 0.717) is 0 Å². The lowest BCUT2D eigenvalue weighted by molar-refractivity contribution is -0.129. The molecule has 1 saturated heterocycles. The Bertz CT molecular complexity index is 375. The van der Waals surface area contributed by atoms with E-state index in [1.54, 1.807) is 18.0 Å². The number of thioether (sulfide) groups is 1. The predicted molar refractivity (Wildman–Crippen MR) is 66.0 cm³/mol. The fourth-order valence-corrected chi connectivity index (χ4v) is 2.70. The highest BCUT2D eigenvalue weighted by Crippen LogP contribution is 2.33. The van der Waals surface area contributed by atoms with E-state index in [0.717, 1.165) is 24.2 Å². The third kappa shape index (κ3) is 1.77. The van der Waals surface area contributed by atoms with Crippen LogP contribution in [-0.2, 0) is 4.79 Å². The van der Waals surface area contributed by atoms with Crippen LogP contribution in [0.2, 0.25) is 0 Å². The van der Waals surface area contributed by atoms with Crippen LogP contribution < -0.4 is 0 Å². The van der Waals surface area contributed by atoms with Gasteiger partial charge in [-0.3, -0.25) is 9.79 Å². The van der Waals surface area contributed by atoms with Gasteiger partial charge in [0.15, 0.2) is 5.17 Å². The number of carbonyl (C=O) groups excluding carboxylic acids is 1. The van der Waals surface area contributed by atoms with Gasteiger partial charge in [-0.25, -0.2) is 4.99 Å². The lowest BCUT2D eigenvalue weighted by Crippen LogP contribution is -2.29. The molecule has 0 bridgehead atoms. The highest BCUT2D eigenvalue weighted by molar-refractivity contribution is 8.13. The summed E-state index contributed by atoms with van der Waals surface area (Å²) in [6.45, 7) is 1.72. The summed E-state index contributed by atoms with van der Waals surface area (Å²) in [5.41, 5.74) is 0. The Labute approximate surface area is 99.2 Å². The molecular weight excluding hydrogens is 222 g/mol. The normalized spacial score (nSPS) is 32.9. The number of amidine groups is 1. The van der Waals surface area contributed by atoms with Crippen molar-refractivity contribution in [3.8, 4) is 0 Å². The van der Waals surface area contributed by atoms with E-state index in [1.165, 1.54) is 12.8 Å². The molecule has 16 heavy (non-hydrogen) atoms. The van der Waals surface area contributed by atoms with Gasteiger partial charge < -0.3 is 4.90 Å². The van der Waals surface area contributed by atoms with Gasteiger partial charge in [0.05, 0.1) is 12.0 Å². The summed E-state index contributed by atoms with van der Waals surface area (Å²) in [7, 11) is 0. The van der Waals surface area contributed by atoms with E-state index < -0.39 is 0 Å². The van der Waals surface area contributed by atoms with Crippen LogP contribution in [-0.4, -0.2) is 47.6 Å². The van der Waals surface area contributed by atoms with Crippen LogP contribution in [0.1, 0.15) is 12.8 Å². The molecule has 0 aromatic rings. The molecule has 2 atom stereocenters. The molecule has 2 unspecified atom stereocenters. The Balaban J connectivity index is 1.73. The third-order valence-electron chi connectivity index (χ3n) is 3.40. The maximum Gasteiger partial charge on any atom is 0.233 e. The highest BCUT2D eigenvalue weighted by atomic mass is 32.2. The maximum atomic E-state index is 12.1. The standard InChI is InChI=1S/C11H15N3OS/c1-16-11-12-4-8-9(13-11)6-14(10(8)15)5-7-2-3-7/h4,7-9H,2-3,5-6H2,1H3. The number of fused-ring (bicyclic) bond motifs is 1. The van der Waals surface area contributed by atoms with Crippen LogP contribution >= 0.6 is 11.8 Å². The molecule has 2 heterocycles. The summed E-state index contributed by atoms with van der Waals surface area (Å²) in [6, 6.07) is 0.117. The number of amides is 1. The van der Waals surface area contributed by atoms with Crippen molar-refractivity contribution < 1.29 is 4.79 Å². The van der Waals surface area contributed by atoms with Crippen LogP contribution in [0.4, 0.5) is 0 Å². The zero-order chi connectivity index (χ0) is 11.1. The van der Waals surface area contributed by atoms with Gasteiger partial charge in [-0.15, -0.1) is 0 Å². The summed E-state index contributed by atoms with van der Waals surface area (Å²) in [5, 5.41) is 0.808. The average molecular weight is 237 g/mol. The van der Waals surface area contributed by atoms with Crippen LogP contribution in [0.25, 0.3) is 0 Å². The first-order valence-corrected chi connectivity index (χ1v) is 6.95. The second-order valence-corrected chi connectivity index (χ2v) is 5.45. The van der Waals surface area contributed by atoms with Gasteiger partial charge in [0.2, 0.25) is 5.91 Å². The molecule has 2 fully saturated rings. The van der Waals surface area contributed by atoms with Crippen LogP contribution in [0.15, 0.2) is 9.98 Å². The molecule has 0 N–H and O–H groups in total. The lowest BCUT2D eigenvalue weighted by Gasteiger charge is -2.14. The molecule has 1 aliphatic carbocycles. The van der Waals surface area contributed by atoms with Crippen LogP contribution in [0, 0.1) is 11.8 Å². The lowest BCUT2D eigenvalue weighted by atomic mass is 10.1. The molecule has 0 spiro atoms. The van der Waals surface area contributed by atoms with Gasteiger partial charge in [-0.05, 0) is 25.0 Å². The SMILES string of the molecule is CSC1=NC2CN(CC3CC3)C(=O)C2C=N1. The minimum atomic E-state index is -0.0883. The number of likely N-dealkylation sites (tertiary alicyclic amines) is 1. The zero-order valence-electron chi connectivity index (χ0n) is 9.30. The van der Waals surface area contributed by atoms with Crippen molar-refractivity contribution in [2.75, 3.05) is 19.3 Å². The first-order valence-electron chi connectivity index (χ1n) is 5.72. The molecule has 0 aromatic carbocycles. The van der Waals surface area contributed by atoms with E-state index >= 15 is 0 Å². The van der Waals surface area contributed by atoms with Crippen molar-refractivity contribution in [3.63, 3.8) is 0 Å². The minimum Gasteiger partial charge on any atom is -0.340 e. The zero-order valence-corrected chi connectivity index (χ0v) is 10.1. The topological polar surface area (TPSA) is 45.0 Å². The molecule has 1 amide bonds. The number of nitrogens with zero attached hydrogens (tertiary/aromatic N) is 3. The molecule has 1 saturated carbocycles. The van der Waals surface area contributed by atoms with E-state index in [2.05, 4.69) is 9.98 Å². The quantitative estimate of drug-likeness (QED) is 0.720. The summed E-state index contributed by atoms with van der Waals surface area (Å²) in [5.74, 6) is 0.893. The molecule has 2 aliphatic heterocycles. The summed E-state index contributed by atoms with van der Waals surface area (Å²) >= 11 is 1.55. The van der Waals surface area contributed by atoms with Crippen molar-refractivity contribution >= 4 is 29.1 Å². The van der Waals surface area contributed by atoms with Crippen LogP contribution in [0.3, 0.4) is 0 Å². The Hall–Kier alpha value is -0.840. The highest BCUT2D eigenvalue weighted by Gasteiger charge is 2.42. The molecule has 4 nitrogen and oxygen atoms in total. The number of hydrogen-bond acceptors (Lipinski definition) is 4. The summed E-state index contributed by atoms with van der Waals surface area (Å²) < 4.78 is 0. The van der Waals surface area contributed by atoms with Gasteiger partial charge >= 0.3 is 0 Å². The van der Waals surface area contributed by atoms with E-state index in [-0.39, 0.29) is 17.9 Å². The largest absolute Gasteiger partial charge is 0.340 e. The van der Waals surface area contributed by atoms with Crippen molar-refractivity contribution in [2.45, 2.75) is 18.9 Å². The number of hydrogen-bond donors (Lipinski definition) is 0. The Kier molecular flexibility index (Phi) is 2.50. The molecular formula is C11H15N3OS. The molecule has 3 rings (SSSR count). The number of aliphatic imine (C=N–C) groups is 2. The monoisotopic (exact) mass is 237 g/mol. The minimum absolute atomic E-state index is 0.0883. The Morgan fingerprint density at radius 2 is 2.38 bits per heavy atom. The van der Waals surface area contributed by atoms with Gasteiger partial charge in [-0.1, -0.05) is 11.8 Å². The van der Waals surface area contributed by atoms with E-state index in [1.807, 2.05) is 11.2 Å². The molecule has 86 valence electrons. The van der Waals surface area contributed by atoms with Crippen molar-refractivity contribution in [3.05, 3.63) is 0 Å². The maximum absolute atomic E-state index is 12.1. The predicted octanol–water partition coefficient (Wildman–Crippen LogP) is 1.03. The van der Waals surface area contributed by atoms with Crippen molar-refractivity contribution in [1.29, 1.82) is 0 Å².